The van der Waals surface area contributed by atoms with Crippen molar-refractivity contribution in [3.8, 4) is 11.4 Å². The standard InChI is InChI=1S/C21H19ClF4N4O4/c1-20(2,33)18-28-30(19(32)29(18)3)11-7-8-12(15(9-11)34-10-21(24,25)26)17(31)27-16-13(22)5-4-6-14(16)23/h4-9,33H,10H2,1-3H3,(H,27,31). The summed E-state index contributed by atoms with van der Waals surface area (Å²) in [5.41, 5.74) is -2.97. The largest absolute Gasteiger partial charge is 0.483 e. The Morgan fingerprint density at radius 1 is 1.24 bits per heavy atom. The lowest BCUT2D eigenvalue weighted by Crippen LogP contribution is -2.26. The summed E-state index contributed by atoms with van der Waals surface area (Å²) in [7, 11) is 1.36. The molecule has 0 aliphatic heterocycles. The number of hydrogen-bond acceptors (Lipinski definition) is 5. The Morgan fingerprint density at radius 2 is 1.91 bits per heavy atom. The molecule has 2 aromatic carbocycles. The quantitative estimate of drug-likeness (QED) is 0.500. The summed E-state index contributed by atoms with van der Waals surface area (Å²) in [6.07, 6.45) is -4.73. The Labute approximate surface area is 195 Å². The zero-order valence-electron chi connectivity index (χ0n) is 18.1. The van der Waals surface area contributed by atoms with Crippen molar-refractivity contribution >= 4 is 23.2 Å². The van der Waals surface area contributed by atoms with Gasteiger partial charge in [0.25, 0.3) is 5.91 Å². The fraction of sp³-hybridized carbons (Fsp3) is 0.286. The van der Waals surface area contributed by atoms with Crippen molar-refractivity contribution in [2.45, 2.75) is 25.6 Å². The average molecular weight is 503 g/mol. The molecule has 8 nitrogen and oxygen atoms in total. The number of ether oxygens (including phenoxy) is 1. The predicted molar refractivity (Wildman–Crippen MR) is 115 cm³/mol. The number of nitrogens with one attached hydrogen (secondary N) is 1. The van der Waals surface area contributed by atoms with Crippen molar-refractivity contribution in [2.75, 3.05) is 11.9 Å². The van der Waals surface area contributed by atoms with Gasteiger partial charge in [-0.25, -0.2) is 9.18 Å². The Balaban J connectivity index is 2.07. The van der Waals surface area contributed by atoms with Crippen LogP contribution in [0.4, 0.5) is 23.2 Å². The number of para-hydroxylation sites is 1. The van der Waals surface area contributed by atoms with E-state index < -0.39 is 41.5 Å². The van der Waals surface area contributed by atoms with E-state index in [2.05, 4.69) is 10.4 Å². The second-order valence-corrected chi connectivity index (χ2v) is 8.18. The predicted octanol–water partition coefficient (Wildman–Crippen LogP) is 3.78. The lowest BCUT2D eigenvalue weighted by atomic mass is 10.1. The second kappa shape index (κ2) is 9.11. The smallest absolute Gasteiger partial charge is 0.422 e. The molecule has 0 saturated carbocycles. The normalized spacial score (nSPS) is 12.0. The molecule has 3 aromatic rings. The maximum Gasteiger partial charge on any atom is 0.422 e. The molecule has 0 aliphatic carbocycles. The summed E-state index contributed by atoms with van der Waals surface area (Å²) >= 11 is 5.89. The zero-order valence-corrected chi connectivity index (χ0v) is 18.8. The van der Waals surface area contributed by atoms with E-state index in [9.17, 15) is 32.3 Å². The number of hydrogen-bond donors (Lipinski definition) is 2. The highest BCUT2D eigenvalue weighted by molar-refractivity contribution is 6.34. The van der Waals surface area contributed by atoms with Crippen LogP contribution in [0.3, 0.4) is 0 Å². The molecule has 2 N–H and O–H groups in total. The lowest BCUT2D eigenvalue weighted by Gasteiger charge is -2.15. The van der Waals surface area contributed by atoms with Crippen LogP contribution in [0.2, 0.25) is 5.02 Å². The van der Waals surface area contributed by atoms with E-state index in [1.807, 2.05) is 0 Å². The van der Waals surface area contributed by atoms with Gasteiger partial charge in [0.2, 0.25) is 0 Å². The first kappa shape index (κ1) is 25.2. The lowest BCUT2D eigenvalue weighted by molar-refractivity contribution is -0.153. The van der Waals surface area contributed by atoms with E-state index in [0.29, 0.717) is 0 Å². The van der Waals surface area contributed by atoms with Crippen molar-refractivity contribution < 1.29 is 32.2 Å². The van der Waals surface area contributed by atoms with Gasteiger partial charge in [-0.1, -0.05) is 17.7 Å². The SMILES string of the molecule is Cn1c(C(C)(C)O)nn(-c2ccc(C(=O)Nc3c(F)cccc3Cl)c(OCC(F)(F)F)c2)c1=O. The first-order valence-corrected chi connectivity index (χ1v) is 10.0. The fourth-order valence-corrected chi connectivity index (χ4v) is 3.26. The molecule has 13 heteroatoms. The van der Waals surface area contributed by atoms with Gasteiger partial charge in [0, 0.05) is 13.1 Å². The van der Waals surface area contributed by atoms with Gasteiger partial charge >= 0.3 is 11.9 Å². The number of nitrogens with zero attached hydrogens (tertiary/aromatic N) is 3. The van der Waals surface area contributed by atoms with Crippen molar-refractivity contribution in [3.63, 3.8) is 0 Å². The number of carbonyl (C=O) groups is 1. The molecule has 0 fully saturated rings. The van der Waals surface area contributed by atoms with Crippen LogP contribution in [0.15, 0.2) is 41.2 Å². The van der Waals surface area contributed by atoms with Gasteiger partial charge in [0.05, 0.1) is 22.0 Å². The van der Waals surface area contributed by atoms with Crippen LogP contribution in [0.1, 0.15) is 30.0 Å². The number of amides is 1. The maximum absolute atomic E-state index is 14.0. The van der Waals surface area contributed by atoms with Crippen LogP contribution in [-0.4, -0.2) is 38.1 Å². The summed E-state index contributed by atoms with van der Waals surface area (Å²) in [5.74, 6) is -2.40. The molecule has 0 aliphatic rings. The molecule has 0 atom stereocenters. The number of carbonyl (C=O) groups excluding carboxylic acids is 1. The van der Waals surface area contributed by atoms with E-state index in [0.717, 1.165) is 27.4 Å². The van der Waals surface area contributed by atoms with Crippen LogP contribution >= 0.6 is 11.6 Å². The molecule has 1 heterocycles. The Kier molecular flexibility index (Phi) is 6.76. The van der Waals surface area contributed by atoms with Crippen LogP contribution in [-0.2, 0) is 12.6 Å². The summed E-state index contributed by atoms with van der Waals surface area (Å²) in [6, 6.07) is 7.01. The number of aromatic nitrogens is 3. The van der Waals surface area contributed by atoms with Gasteiger partial charge in [0.1, 0.15) is 17.2 Å². The molecule has 0 unspecified atom stereocenters. The highest BCUT2D eigenvalue weighted by Gasteiger charge is 2.30. The molecule has 0 saturated heterocycles. The highest BCUT2D eigenvalue weighted by Crippen LogP contribution is 2.29. The van der Waals surface area contributed by atoms with Crippen molar-refractivity contribution in [1.82, 2.24) is 14.3 Å². The van der Waals surface area contributed by atoms with Crippen LogP contribution < -0.4 is 15.7 Å². The summed E-state index contributed by atoms with van der Waals surface area (Å²) in [6.45, 7) is 1.07. The van der Waals surface area contributed by atoms with Gasteiger partial charge in [-0.05, 0) is 38.1 Å². The molecule has 0 radical (unpaired) electrons. The summed E-state index contributed by atoms with van der Waals surface area (Å²) in [5, 5.41) is 16.3. The molecule has 0 bridgehead atoms. The van der Waals surface area contributed by atoms with Crippen molar-refractivity contribution in [3.05, 3.63) is 69.1 Å². The topological polar surface area (TPSA) is 98.4 Å². The van der Waals surface area contributed by atoms with Gasteiger partial charge in [-0.3, -0.25) is 9.36 Å². The summed E-state index contributed by atoms with van der Waals surface area (Å²) < 4.78 is 59.2. The van der Waals surface area contributed by atoms with Crippen molar-refractivity contribution in [2.24, 2.45) is 7.05 Å². The average Bonchev–Trinajstić information content (AvgIpc) is 3.03. The summed E-state index contributed by atoms with van der Waals surface area (Å²) in [4.78, 5) is 25.3. The van der Waals surface area contributed by atoms with E-state index >= 15 is 0 Å². The fourth-order valence-electron chi connectivity index (χ4n) is 3.05. The number of halogens is 5. The van der Waals surface area contributed by atoms with Crippen molar-refractivity contribution in [1.29, 1.82) is 0 Å². The van der Waals surface area contributed by atoms with Gasteiger partial charge in [0.15, 0.2) is 12.4 Å². The monoisotopic (exact) mass is 502 g/mol. The molecular formula is C21H19ClF4N4O4. The number of anilines is 1. The minimum atomic E-state index is -4.73. The van der Waals surface area contributed by atoms with Gasteiger partial charge < -0.3 is 15.2 Å². The third-order valence-corrected chi connectivity index (χ3v) is 4.89. The molecule has 0 spiro atoms. The van der Waals surface area contributed by atoms with Crippen LogP contribution in [0.25, 0.3) is 5.69 Å². The Hall–Kier alpha value is -3.38. The number of benzene rings is 2. The molecule has 182 valence electrons. The Morgan fingerprint density at radius 3 is 2.47 bits per heavy atom. The van der Waals surface area contributed by atoms with E-state index in [1.54, 1.807) is 0 Å². The number of aliphatic hydroxyl groups is 1. The molecule has 3 rings (SSSR count). The van der Waals surface area contributed by atoms with Gasteiger partial charge in [-0.15, -0.1) is 5.10 Å². The third kappa shape index (κ3) is 5.39. The zero-order chi connectivity index (χ0) is 25.4. The number of alkyl halides is 3. The molecule has 1 aromatic heterocycles. The molecule has 34 heavy (non-hydrogen) atoms. The maximum atomic E-state index is 14.0. The third-order valence-electron chi connectivity index (χ3n) is 4.57. The van der Waals surface area contributed by atoms with Crippen LogP contribution in [0, 0.1) is 5.82 Å². The second-order valence-electron chi connectivity index (χ2n) is 7.77. The Bertz CT molecular complexity index is 1280. The molecular weight excluding hydrogens is 484 g/mol. The minimum Gasteiger partial charge on any atom is -0.483 e. The first-order valence-electron chi connectivity index (χ1n) is 9.67. The van der Waals surface area contributed by atoms with E-state index in [-0.39, 0.29) is 27.8 Å². The molecule has 1 amide bonds. The van der Waals surface area contributed by atoms with E-state index in [1.165, 1.54) is 39.1 Å². The highest BCUT2D eigenvalue weighted by atomic mass is 35.5. The van der Waals surface area contributed by atoms with Gasteiger partial charge in [-0.2, -0.15) is 17.9 Å². The van der Waals surface area contributed by atoms with E-state index in [4.69, 9.17) is 16.3 Å². The minimum absolute atomic E-state index is 0.00808. The van der Waals surface area contributed by atoms with Crippen LogP contribution in [0.5, 0.6) is 5.75 Å². The first-order chi connectivity index (χ1) is 15.7. The number of rotatable bonds is 6.